The Balaban J connectivity index is 0.00000220. The van der Waals surface area contributed by atoms with Crippen LogP contribution in [-0.2, 0) is 0 Å². The fourth-order valence-electron chi connectivity index (χ4n) is 1.97. The minimum absolute atomic E-state index is 0. The molecule has 7 heteroatoms. The van der Waals surface area contributed by atoms with Crippen LogP contribution >= 0.6 is 28.3 Å². The Kier molecular flexibility index (Phi) is 6.87. The molecule has 1 aromatic heterocycles. The molecule has 2 rings (SSSR count). The van der Waals surface area contributed by atoms with E-state index in [1.54, 1.807) is 0 Å². The second-order valence-corrected chi connectivity index (χ2v) is 5.17. The number of pyridine rings is 1. The van der Waals surface area contributed by atoms with Gasteiger partial charge in [0.05, 0.1) is 11.1 Å². The van der Waals surface area contributed by atoms with Gasteiger partial charge in [-0.25, -0.2) is 0 Å². The van der Waals surface area contributed by atoms with Crippen LogP contribution in [0, 0.1) is 0 Å². The SMILES string of the molecule is CCNCCNC(=O)c1cc(=O)[nH]c2c(Br)cccc12.Cl. The summed E-state index contributed by atoms with van der Waals surface area (Å²) in [6.07, 6.45) is 0. The Morgan fingerprint density at radius 3 is 2.81 bits per heavy atom. The highest BCUT2D eigenvalue weighted by molar-refractivity contribution is 9.10. The van der Waals surface area contributed by atoms with Crippen LogP contribution in [-0.4, -0.2) is 30.5 Å². The summed E-state index contributed by atoms with van der Waals surface area (Å²) in [4.78, 5) is 26.6. The number of amides is 1. The van der Waals surface area contributed by atoms with Gasteiger partial charge in [-0.3, -0.25) is 9.59 Å². The normalized spacial score (nSPS) is 10.2. The van der Waals surface area contributed by atoms with E-state index < -0.39 is 0 Å². The number of aromatic amines is 1. The van der Waals surface area contributed by atoms with Crippen molar-refractivity contribution in [2.24, 2.45) is 0 Å². The molecule has 0 fully saturated rings. The van der Waals surface area contributed by atoms with Gasteiger partial charge in [0.25, 0.3) is 5.91 Å². The van der Waals surface area contributed by atoms with Crippen molar-refractivity contribution in [1.29, 1.82) is 0 Å². The molecular formula is C14H17BrClN3O2. The third-order valence-electron chi connectivity index (χ3n) is 2.91. The zero-order valence-corrected chi connectivity index (χ0v) is 13.9. The summed E-state index contributed by atoms with van der Waals surface area (Å²) in [6.45, 7) is 4.09. The topological polar surface area (TPSA) is 74.0 Å². The van der Waals surface area contributed by atoms with Crippen LogP contribution in [0.15, 0.2) is 33.5 Å². The van der Waals surface area contributed by atoms with Gasteiger partial charge >= 0.3 is 0 Å². The number of fused-ring (bicyclic) bond motifs is 1. The summed E-state index contributed by atoms with van der Waals surface area (Å²) in [6, 6.07) is 6.80. The number of benzene rings is 1. The first kappa shape index (κ1) is 17.7. The van der Waals surface area contributed by atoms with Gasteiger partial charge in [0.1, 0.15) is 0 Å². The van der Waals surface area contributed by atoms with E-state index >= 15 is 0 Å². The Bertz CT molecular complexity index is 687. The van der Waals surface area contributed by atoms with Gasteiger partial charge in [-0.2, -0.15) is 0 Å². The second-order valence-electron chi connectivity index (χ2n) is 4.32. The van der Waals surface area contributed by atoms with Crippen LogP contribution in [0.5, 0.6) is 0 Å². The van der Waals surface area contributed by atoms with E-state index in [0.29, 0.717) is 24.2 Å². The van der Waals surface area contributed by atoms with Crippen LogP contribution in [0.2, 0.25) is 0 Å². The van der Waals surface area contributed by atoms with Gasteiger partial charge in [-0.1, -0.05) is 19.1 Å². The molecule has 114 valence electrons. The lowest BCUT2D eigenvalue weighted by molar-refractivity contribution is 0.0955. The first-order valence-electron chi connectivity index (χ1n) is 6.44. The minimum Gasteiger partial charge on any atom is -0.351 e. The fraction of sp³-hybridized carbons (Fsp3) is 0.286. The van der Waals surface area contributed by atoms with E-state index in [9.17, 15) is 9.59 Å². The molecule has 3 N–H and O–H groups in total. The molecule has 21 heavy (non-hydrogen) atoms. The first-order valence-corrected chi connectivity index (χ1v) is 7.23. The van der Waals surface area contributed by atoms with Gasteiger partial charge in [-0.05, 0) is 28.5 Å². The van der Waals surface area contributed by atoms with Crippen LogP contribution in [0.25, 0.3) is 10.9 Å². The molecule has 0 saturated heterocycles. The Hall–Kier alpha value is -1.37. The largest absolute Gasteiger partial charge is 0.351 e. The standard InChI is InChI=1S/C14H16BrN3O2.ClH/c1-2-16-6-7-17-14(20)10-8-12(19)18-13-9(10)4-3-5-11(13)15;/h3-5,8,16H,2,6-7H2,1H3,(H,17,20)(H,18,19);1H. The number of hydrogen-bond acceptors (Lipinski definition) is 3. The van der Waals surface area contributed by atoms with E-state index in [4.69, 9.17) is 0 Å². The maximum Gasteiger partial charge on any atom is 0.252 e. The minimum atomic E-state index is -0.291. The van der Waals surface area contributed by atoms with Crippen LogP contribution in [0.4, 0.5) is 0 Å². The van der Waals surface area contributed by atoms with Gasteiger partial charge < -0.3 is 15.6 Å². The Morgan fingerprint density at radius 2 is 2.10 bits per heavy atom. The maximum atomic E-state index is 12.2. The molecule has 5 nitrogen and oxygen atoms in total. The lowest BCUT2D eigenvalue weighted by Crippen LogP contribution is -2.32. The molecule has 1 aromatic carbocycles. The Labute approximate surface area is 137 Å². The van der Waals surface area contributed by atoms with Crippen molar-refractivity contribution in [2.75, 3.05) is 19.6 Å². The van der Waals surface area contributed by atoms with E-state index in [0.717, 1.165) is 16.4 Å². The molecule has 0 aliphatic heterocycles. The Morgan fingerprint density at radius 1 is 1.33 bits per heavy atom. The highest BCUT2D eigenvalue weighted by Crippen LogP contribution is 2.23. The number of aromatic nitrogens is 1. The average Bonchev–Trinajstić information content (AvgIpc) is 2.43. The monoisotopic (exact) mass is 373 g/mol. The summed E-state index contributed by atoms with van der Waals surface area (Å²) in [5.41, 5.74) is 0.736. The fourth-order valence-corrected chi connectivity index (χ4v) is 2.43. The molecule has 0 aliphatic carbocycles. The summed E-state index contributed by atoms with van der Waals surface area (Å²) in [5, 5.41) is 6.65. The quantitative estimate of drug-likeness (QED) is 0.701. The van der Waals surface area contributed by atoms with Crippen molar-refractivity contribution >= 4 is 45.1 Å². The van der Waals surface area contributed by atoms with Crippen molar-refractivity contribution < 1.29 is 4.79 Å². The number of rotatable bonds is 5. The molecule has 1 amide bonds. The molecular weight excluding hydrogens is 358 g/mol. The van der Waals surface area contributed by atoms with Gasteiger partial charge in [0.2, 0.25) is 5.56 Å². The van der Waals surface area contributed by atoms with E-state index in [2.05, 4.69) is 31.5 Å². The lowest BCUT2D eigenvalue weighted by atomic mass is 10.1. The van der Waals surface area contributed by atoms with Gasteiger partial charge in [-0.15, -0.1) is 12.4 Å². The van der Waals surface area contributed by atoms with Crippen molar-refractivity contribution in [3.8, 4) is 0 Å². The third kappa shape index (κ3) is 4.30. The number of carbonyl (C=O) groups excluding carboxylic acids is 1. The van der Waals surface area contributed by atoms with Crippen LogP contribution in [0.3, 0.4) is 0 Å². The molecule has 0 bridgehead atoms. The van der Waals surface area contributed by atoms with Crippen LogP contribution < -0.4 is 16.2 Å². The zero-order valence-electron chi connectivity index (χ0n) is 11.5. The number of likely N-dealkylation sites (N-methyl/N-ethyl adjacent to an activating group) is 1. The molecule has 0 radical (unpaired) electrons. The number of para-hydroxylation sites is 1. The number of hydrogen-bond donors (Lipinski definition) is 3. The molecule has 0 unspecified atom stereocenters. The smallest absolute Gasteiger partial charge is 0.252 e. The summed E-state index contributed by atoms with van der Waals surface area (Å²) in [5.74, 6) is -0.239. The van der Waals surface area contributed by atoms with Gasteiger partial charge in [0.15, 0.2) is 0 Å². The summed E-state index contributed by atoms with van der Waals surface area (Å²) in [7, 11) is 0. The number of nitrogens with one attached hydrogen (secondary N) is 3. The molecule has 0 aliphatic rings. The predicted octanol–water partition coefficient (Wildman–Crippen LogP) is 2.05. The lowest BCUT2D eigenvalue weighted by Gasteiger charge is -2.08. The molecule has 1 heterocycles. The maximum absolute atomic E-state index is 12.2. The summed E-state index contributed by atoms with van der Waals surface area (Å²) >= 11 is 3.38. The number of carbonyl (C=O) groups is 1. The van der Waals surface area contributed by atoms with Crippen molar-refractivity contribution in [3.63, 3.8) is 0 Å². The van der Waals surface area contributed by atoms with Crippen molar-refractivity contribution in [1.82, 2.24) is 15.6 Å². The van der Waals surface area contributed by atoms with Crippen LogP contribution in [0.1, 0.15) is 17.3 Å². The molecule has 2 aromatic rings. The van der Waals surface area contributed by atoms with Crippen molar-refractivity contribution in [3.05, 3.63) is 44.7 Å². The molecule has 0 saturated carbocycles. The average molecular weight is 375 g/mol. The van der Waals surface area contributed by atoms with E-state index in [1.165, 1.54) is 6.07 Å². The third-order valence-corrected chi connectivity index (χ3v) is 3.57. The molecule has 0 spiro atoms. The van der Waals surface area contributed by atoms with Gasteiger partial charge in [0, 0.05) is 29.0 Å². The summed E-state index contributed by atoms with van der Waals surface area (Å²) < 4.78 is 0.759. The zero-order chi connectivity index (χ0) is 14.5. The highest BCUT2D eigenvalue weighted by Gasteiger charge is 2.12. The number of halogens is 2. The predicted molar refractivity (Wildman–Crippen MR) is 90.4 cm³/mol. The van der Waals surface area contributed by atoms with E-state index in [-0.39, 0.29) is 23.9 Å². The van der Waals surface area contributed by atoms with E-state index in [1.807, 2.05) is 25.1 Å². The first-order chi connectivity index (χ1) is 9.63. The highest BCUT2D eigenvalue weighted by atomic mass is 79.9. The number of H-pyrrole nitrogens is 1. The second kappa shape index (κ2) is 8.17. The molecule has 0 atom stereocenters. The van der Waals surface area contributed by atoms with Crippen molar-refractivity contribution in [2.45, 2.75) is 6.92 Å².